The summed E-state index contributed by atoms with van der Waals surface area (Å²) in [5.41, 5.74) is -2.39. The molecule has 5 unspecified atom stereocenters. The monoisotopic (exact) mass is 657 g/mol. The highest BCUT2D eigenvalue weighted by Gasteiger charge is 2.66. The first-order valence-electron chi connectivity index (χ1n) is 15.5. The lowest BCUT2D eigenvalue weighted by Gasteiger charge is -2.46. The number of amides is 2. The van der Waals surface area contributed by atoms with Gasteiger partial charge in [0, 0.05) is 32.2 Å². The molecule has 1 aliphatic carbocycles. The number of hydrogen-bond donors (Lipinski definition) is 0. The number of piperidine rings is 2. The summed E-state index contributed by atoms with van der Waals surface area (Å²) < 4.78 is 101. The molecule has 3 fully saturated rings. The maximum Gasteiger partial charge on any atom is 0.416 e. The van der Waals surface area contributed by atoms with E-state index in [2.05, 4.69) is 4.90 Å². The highest BCUT2D eigenvalue weighted by atomic mass is 19.4. The molecule has 0 spiro atoms. The average molecular weight is 658 g/mol. The first kappa shape index (κ1) is 34.0. The molecule has 46 heavy (non-hydrogen) atoms. The molecule has 2 aliphatic heterocycles. The van der Waals surface area contributed by atoms with Gasteiger partial charge in [-0.15, -0.1) is 0 Å². The van der Waals surface area contributed by atoms with Crippen molar-refractivity contribution in [3.8, 4) is 0 Å². The molecule has 5 rings (SSSR count). The minimum absolute atomic E-state index is 0.0112. The van der Waals surface area contributed by atoms with E-state index in [1.165, 1.54) is 24.0 Å². The Morgan fingerprint density at radius 2 is 1.70 bits per heavy atom. The number of aryl methyl sites for hydroxylation is 1. The van der Waals surface area contributed by atoms with Crippen LogP contribution in [0.2, 0.25) is 0 Å². The van der Waals surface area contributed by atoms with Crippen molar-refractivity contribution in [3.05, 3.63) is 70.0 Å². The van der Waals surface area contributed by atoms with Gasteiger partial charge in [0.15, 0.2) is 0 Å². The fourth-order valence-corrected chi connectivity index (χ4v) is 7.35. The third kappa shape index (κ3) is 6.44. The Kier molecular flexibility index (Phi) is 9.13. The van der Waals surface area contributed by atoms with Crippen LogP contribution in [-0.4, -0.2) is 65.5 Å². The van der Waals surface area contributed by atoms with Crippen molar-refractivity contribution >= 4 is 12.0 Å². The molecule has 0 bridgehead atoms. The van der Waals surface area contributed by atoms with Gasteiger partial charge >= 0.3 is 24.4 Å². The summed E-state index contributed by atoms with van der Waals surface area (Å²) in [5.74, 6) is -0.448. The van der Waals surface area contributed by atoms with E-state index in [0.29, 0.717) is 55.8 Å². The Labute approximate surface area is 263 Å². The highest BCUT2D eigenvalue weighted by molar-refractivity contribution is 5.81. The highest BCUT2D eigenvalue weighted by Crippen LogP contribution is 2.59. The van der Waals surface area contributed by atoms with Crippen molar-refractivity contribution < 1.29 is 45.1 Å². The van der Waals surface area contributed by atoms with E-state index in [4.69, 9.17) is 4.74 Å². The molecular weight excluding hydrogens is 619 g/mol. The van der Waals surface area contributed by atoms with Crippen molar-refractivity contribution in [2.24, 2.45) is 11.3 Å². The first-order valence-corrected chi connectivity index (χ1v) is 15.5. The molecule has 0 N–H and O–H groups in total. The smallest absolute Gasteiger partial charge is 0.416 e. The van der Waals surface area contributed by atoms with E-state index in [1.54, 1.807) is 31.7 Å². The largest absolute Gasteiger partial charge is 0.466 e. The van der Waals surface area contributed by atoms with Gasteiger partial charge in [-0.3, -0.25) is 9.69 Å². The summed E-state index contributed by atoms with van der Waals surface area (Å²) in [6.45, 7) is 8.33. The van der Waals surface area contributed by atoms with Gasteiger partial charge in [-0.2, -0.15) is 26.3 Å². The molecule has 0 aromatic heterocycles. The molecule has 2 amide bonds. The van der Waals surface area contributed by atoms with Crippen LogP contribution in [0, 0.1) is 24.1 Å². The van der Waals surface area contributed by atoms with Crippen LogP contribution in [-0.2, 0) is 21.9 Å². The molecule has 252 valence electrons. The fraction of sp³-hybridized carbons (Fsp3) is 0.576. The summed E-state index contributed by atoms with van der Waals surface area (Å²) in [6, 6.07) is 3.44. The lowest BCUT2D eigenvalue weighted by molar-refractivity contribution is -0.150. The second kappa shape index (κ2) is 12.4. The fourth-order valence-electron chi connectivity index (χ4n) is 7.35. The maximum absolute atomic E-state index is 14.2. The Morgan fingerprint density at radius 3 is 2.26 bits per heavy atom. The Hall–Kier alpha value is -3.35. The normalized spacial score (nSPS) is 25.6. The van der Waals surface area contributed by atoms with Gasteiger partial charge in [-0.1, -0.05) is 6.07 Å². The van der Waals surface area contributed by atoms with Crippen LogP contribution in [0.5, 0.6) is 0 Å². The third-order valence-electron chi connectivity index (χ3n) is 9.93. The van der Waals surface area contributed by atoms with Crippen LogP contribution in [0.3, 0.4) is 0 Å². The number of carbonyl (C=O) groups excluding carboxylic acids is 2. The number of ether oxygens (including phenoxy) is 1. The van der Waals surface area contributed by atoms with Crippen molar-refractivity contribution in [2.45, 2.75) is 77.4 Å². The number of carbonyl (C=O) groups is 2. The number of urea groups is 1. The number of esters is 1. The lowest BCUT2D eigenvalue weighted by atomic mass is 9.88. The number of fused-ring (bicyclic) bond motifs is 1. The molecule has 3 aliphatic rings. The number of hydrogen-bond acceptors (Lipinski definition) is 4. The predicted octanol–water partition coefficient (Wildman–Crippen LogP) is 7.77. The molecule has 5 atom stereocenters. The molecule has 13 heteroatoms. The van der Waals surface area contributed by atoms with Crippen LogP contribution < -0.4 is 0 Å². The van der Waals surface area contributed by atoms with Crippen LogP contribution in [0.25, 0.3) is 0 Å². The molecule has 2 aromatic rings. The summed E-state index contributed by atoms with van der Waals surface area (Å²) in [4.78, 5) is 32.0. The maximum atomic E-state index is 14.2. The molecule has 2 heterocycles. The van der Waals surface area contributed by atoms with Gasteiger partial charge in [0.1, 0.15) is 5.82 Å². The SMILES string of the molecule is CCOC(=O)C12CC1CN(C1CCN(C(=O)N(CC)C(C)c3cc(C(F)(F)F)cc(C(F)(F)F)c3)C(c3ccc(F)cc3C)C1)C2. The standard InChI is InChI=1S/C33H38F7N3O3/c1-5-42(20(4)21-12-22(32(35,36)37)14-23(13-21)33(38,39)40)30(45)43-10-9-26(15-28(43)27-8-7-25(34)11-19(27)3)41-17-24-16-31(24,18-41)29(44)46-6-2/h7-8,11-14,20,24,26,28H,5-6,9-10,15-18H2,1-4H3. The van der Waals surface area contributed by atoms with E-state index in [0.717, 1.165) is 6.42 Å². The van der Waals surface area contributed by atoms with Gasteiger partial charge in [0.25, 0.3) is 0 Å². The van der Waals surface area contributed by atoms with Crippen LogP contribution in [0.15, 0.2) is 36.4 Å². The molecule has 2 saturated heterocycles. The molecule has 2 aromatic carbocycles. The lowest BCUT2D eigenvalue weighted by Crippen LogP contribution is -2.52. The number of rotatable bonds is 7. The molecule has 0 radical (unpaired) electrons. The van der Waals surface area contributed by atoms with Crippen molar-refractivity contribution in [1.82, 2.24) is 14.7 Å². The topological polar surface area (TPSA) is 53.1 Å². The van der Waals surface area contributed by atoms with Gasteiger partial charge in [-0.05, 0) is 99.9 Å². The van der Waals surface area contributed by atoms with Gasteiger partial charge < -0.3 is 14.5 Å². The average Bonchev–Trinajstić information content (AvgIpc) is 3.56. The number of halogens is 7. The zero-order valence-corrected chi connectivity index (χ0v) is 26.1. The van der Waals surface area contributed by atoms with E-state index in [-0.39, 0.29) is 42.6 Å². The van der Waals surface area contributed by atoms with Crippen molar-refractivity contribution in [3.63, 3.8) is 0 Å². The van der Waals surface area contributed by atoms with Crippen molar-refractivity contribution in [2.75, 3.05) is 32.8 Å². The predicted molar refractivity (Wildman–Crippen MR) is 155 cm³/mol. The zero-order chi connectivity index (χ0) is 33.8. The summed E-state index contributed by atoms with van der Waals surface area (Å²) in [5, 5.41) is 0. The van der Waals surface area contributed by atoms with Gasteiger partial charge in [0.2, 0.25) is 0 Å². The Bertz CT molecular complexity index is 1450. The summed E-state index contributed by atoms with van der Waals surface area (Å²) >= 11 is 0. The van der Waals surface area contributed by atoms with Gasteiger partial charge in [-0.25, -0.2) is 9.18 Å². The van der Waals surface area contributed by atoms with Crippen molar-refractivity contribution in [1.29, 1.82) is 0 Å². The number of benzene rings is 2. The van der Waals surface area contributed by atoms with Crippen LogP contribution in [0.1, 0.15) is 79.9 Å². The third-order valence-corrected chi connectivity index (χ3v) is 9.93. The van der Waals surface area contributed by atoms with E-state index in [1.807, 2.05) is 0 Å². The Balaban J connectivity index is 1.44. The molecular formula is C33H38F7N3O3. The molecule has 6 nitrogen and oxygen atoms in total. The minimum Gasteiger partial charge on any atom is -0.466 e. The first-order chi connectivity index (χ1) is 21.5. The minimum atomic E-state index is -5.02. The number of alkyl halides is 6. The van der Waals surface area contributed by atoms with E-state index in [9.17, 15) is 40.3 Å². The van der Waals surface area contributed by atoms with Crippen LogP contribution >= 0.6 is 0 Å². The molecule has 1 saturated carbocycles. The van der Waals surface area contributed by atoms with E-state index >= 15 is 0 Å². The Morgan fingerprint density at radius 1 is 1.04 bits per heavy atom. The second-order valence-electron chi connectivity index (χ2n) is 12.7. The number of likely N-dealkylation sites (tertiary alicyclic amines) is 2. The number of nitrogens with zero attached hydrogens (tertiary/aromatic N) is 3. The quantitative estimate of drug-likeness (QED) is 0.226. The zero-order valence-electron chi connectivity index (χ0n) is 26.1. The van der Waals surface area contributed by atoms with E-state index < -0.39 is 52.8 Å². The summed E-state index contributed by atoms with van der Waals surface area (Å²) in [7, 11) is 0. The second-order valence-corrected chi connectivity index (χ2v) is 12.7. The van der Waals surface area contributed by atoms with Crippen LogP contribution in [0.4, 0.5) is 35.5 Å². The van der Waals surface area contributed by atoms with Gasteiger partial charge in [0.05, 0.1) is 35.2 Å². The summed E-state index contributed by atoms with van der Waals surface area (Å²) in [6.07, 6.45) is -8.27.